The third-order valence-electron chi connectivity index (χ3n) is 20.6. The largest absolute Gasteiger partial charge is 0.393 e. The molecule has 3 unspecified atom stereocenters. The third kappa shape index (κ3) is 19.6. The van der Waals surface area contributed by atoms with Gasteiger partial charge in [-0.25, -0.2) is 19.2 Å². The third-order valence-corrected chi connectivity index (χ3v) is 20.6. The Balaban J connectivity index is 0.000000130. The molecule has 8 aromatic carbocycles. The zero-order valence-corrected chi connectivity index (χ0v) is 65.3. The topological polar surface area (TPSA) is 286 Å². The summed E-state index contributed by atoms with van der Waals surface area (Å²) in [4.78, 5) is 59.7. The number of aliphatic hydroxyl groups is 1. The SMILES string of the molecule is Cc1cc(C)cc(-c2ccc3c(NC(=O)N4CC(C)CC(C)C4)n[nH]c3c2)c1.Cc1cc(C)cc(-c2ccc3c(NC(=O)N4CCC(O)CC4)n[nH]c3c2)c1.Cc1cc(C)cc(-c2ccc3c(NC(=O)N4CCCC(C)C4)n[nH]c3c2)c1.Cc1cc(C)cc(-c2ccc3c(NC(=O)NCCc4ccccn4)n[nH]c3c2)c1. The minimum atomic E-state index is -0.302. The van der Waals surface area contributed by atoms with Gasteiger partial charge >= 0.3 is 24.1 Å². The molecule has 111 heavy (non-hydrogen) atoms. The summed E-state index contributed by atoms with van der Waals surface area (Å²) >= 11 is 0. The number of piperidine rings is 3. The molecule has 3 atom stereocenters. The molecule has 5 aromatic heterocycles. The summed E-state index contributed by atoms with van der Waals surface area (Å²) in [5.74, 6) is 3.87. The summed E-state index contributed by atoms with van der Waals surface area (Å²) < 4.78 is 0. The van der Waals surface area contributed by atoms with Crippen LogP contribution in [0.4, 0.5) is 42.4 Å². The summed E-state index contributed by atoms with van der Waals surface area (Å²) in [5, 5.41) is 57.1. The molecule has 0 aliphatic carbocycles. The zero-order valence-electron chi connectivity index (χ0n) is 65.3. The Hall–Kier alpha value is -12.2. The number of hydrogen-bond donors (Lipinski definition) is 10. The van der Waals surface area contributed by atoms with Gasteiger partial charge < -0.3 is 25.1 Å². The fraction of sp³-hybridized carbons (Fsp3) is 0.315. The van der Waals surface area contributed by atoms with E-state index in [1.165, 1.54) is 79.6 Å². The first kappa shape index (κ1) is 77.0. The van der Waals surface area contributed by atoms with Crippen LogP contribution in [0.25, 0.3) is 88.1 Å². The van der Waals surface area contributed by atoms with E-state index >= 15 is 0 Å². The first-order valence-corrected chi connectivity index (χ1v) is 38.5. The molecular formula is C89H101N17O5. The van der Waals surface area contributed by atoms with E-state index in [1.807, 2.05) is 52.3 Å². The molecule has 3 fully saturated rings. The number of urea groups is 4. The van der Waals surface area contributed by atoms with Crippen LogP contribution in [0.3, 0.4) is 0 Å². The van der Waals surface area contributed by atoms with E-state index in [0.29, 0.717) is 79.9 Å². The number of rotatable bonds is 11. The molecule has 0 saturated carbocycles. The smallest absolute Gasteiger partial charge is 0.323 e. The fourth-order valence-electron chi connectivity index (χ4n) is 15.6. The van der Waals surface area contributed by atoms with Crippen molar-refractivity contribution >= 4 is 91.0 Å². The van der Waals surface area contributed by atoms with Crippen LogP contribution in [0.15, 0.2) is 170 Å². The molecule has 0 radical (unpaired) electrons. The van der Waals surface area contributed by atoms with Gasteiger partial charge in [-0.15, -0.1) is 0 Å². The molecular weight excluding hydrogens is 1390 g/mol. The predicted molar refractivity (Wildman–Crippen MR) is 447 cm³/mol. The summed E-state index contributed by atoms with van der Waals surface area (Å²) in [5.41, 5.74) is 23.7. The highest BCUT2D eigenvalue weighted by Gasteiger charge is 2.28. The number of anilines is 4. The predicted octanol–water partition coefficient (Wildman–Crippen LogP) is 18.9. The van der Waals surface area contributed by atoms with Crippen LogP contribution >= 0.6 is 0 Å². The lowest BCUT2D eigenvalue weighted by molar-refractivity contribution is 0.0971. The van der Waals surface area contributed by atoms with Gasteiger partial charge in [0.2, 0.25) is 0 Å². The number of aromatic nitrogens is 9. The van der Waals surface area contributed by atoms with E-state index in [1.54, 1.807) is 11.1 Å². The second kappa shape index (κ2) is 34.6. The maximum Gasteiger partial charge on any atom is 0.323 e. The van der Waals surface area contributed by atoms with Gasteiger partial charge in [0.25, 0.3) is 0 Å². The van der Waals surface area contributed by atoms with Crippen molar-refractivity contribution in [1.82, 2.24) is 65.8 Å². The number of nitrogens with one attached hydrogen (secondary N) is 9. The van der Waals surface area contributed by atoms with Gasteiger partial charge in [-0.2, -0.15) is 20.4 Å². The number of aromatic amines is 4. The van der Waals surface area contributed by atoms with Gasteiger partial charge in [0.05, 0.1) is 28.2 Å². The average molecular weight is 1490 g/mol. The van der Waals surface area contributed by atoms with E-state index in [4.69, 9.17) is 0 Å². The van der Waals surface area contributed by atoms with E-state index in [2.05, 4.69) is 270 Å². The monoisotopic (exact) mass is 1490 g/mol. The molecule has 8 heterocycles. The van der Waals surface area contributed by atoms with Crippen LogP contribution in [-0.4, -0.2) is 142 Å². The molecule has 16 rings (SSSR count). The molecule has 8 amide bonds. The van der Waals surface area contributed by atoms with E-state index in [0.717, 1.165) is 104 Å². The van der Waals surface area contributed by atoms with E-state index < -0.39 is 0 Å². The van der Waals surface area contributed by atoms with Crippen molar-refractivity contribution < 1.29 is 24.3 Å². The lowest BCUT2D eigenvalue weighted by Crippen LogP contribution is -2.44. The van der Waals surface area contributed by atoms with Crippen LogP contribution < -0.4 is 26.6 Å². The number of benzene rings is 8. The van der Waals surface area contributed by atoms with Gasteiger partial charge in [-0.1, -0.05) is 168 Å². The van der Waals surface area contributed by atoms with Crippen LogP contribution in [-0.2, 0) is 6.42 Å². The molecule has 3 aliphatic rings. The maximum atomic E-state index is 12.7. The molecule has 3 saturated heterocycles. The highest BCUT2D eigenvalue weighted by atomic mass is 16.3. The number of carbonyl (C=O) groups is 4. The number of aryl methyl sites for hydroxylation is 8. The maximum absolute atomic E-state index is 12.7. The summed E-state index contributed by atoms with van der Waals surface area (Å²) in [7, 11) is 0. The first-order chi connectivity index (χ1) is 53.4. The highest BCUT2D eigenvalue weighted by Crippen LogP contribution is 2.35. The Bertz CT molecular complexity index is 5410. The fourth-order valence-corrected chi connectivity index (χ4v) is 15.6. The number of amides is 8. The Kier molecular flexibility index (Phi) is 24.0. The quantitative estimate of drug-likeness (QED) is 0.0584. The van der Waals surface area contributed by atoms with Crippen molar-refractivity contribution in [3.8, 4) is 44.5 Å². The standard InChI is InChI=1S/C23H23N5O.C23H28N4O.C22H26N4O.C21H24N4O2/c1-15-11-16(2)13-18(12-15)17-6-7-20-21(14-17)27-28-22(20)26-23(29)25-10-8-19-5-3-4-9-24-19;1-14-7-15(2)10-19(9-14)18-5-6-20-21(11-18)25-26-22(20)24-23(28)27-12-16(3)8-17(4)13-27;1-14-5-4-8-26(13-14)22(27)23-21-19-7-6-17(12-20(19)24-25-21)18-10-15(2)9-16(3)11-18;1-13-9-14(2)11-16(10-13)15-3-4-18-19(12-15)23-24-20(18)22-21(27)25-7-5-17(26)6-8-25/h3-7,9,11-14H,8,10H2,1-2H3,(H3,25,26,27,28,29);5-7,9-11,16-17H,8,12-13H2,1-4H3,(H2,24,25,26,28);6-7,9-12,14H,4-5,8,13H2,1-3H3,(H2,23,24,25,27);3-4,9-12,17,26H,5-8H2,1-2H3,(H2,22,23,24,27). The lowest BCUT2D eigenvalue weighted by Gasteiger charge is -2.34. The van der Waals surface area contributed by atoms with Gasteiger partial charge in [-0.05, 0) is 210 Å². The van der Waals surface area contributed by atoms with Crippen molar-refractivity contribution in [2.75, 3.05) is 67.1 Å². The molecule has 22 nitrogen and oxygen atoms in total. The molecule has 0 spiro atoms. The van der Waals surface area contributed by atoms with Crippen molar-refractivity contribution in [1.29, 1.82) is 0 Å². The average Bonchev–Trinajstić information content (AvgIpc) is 1.69. The van der Waals surface area contributed by atoms with Crippen molar-refractivity contribution in [2.45, 2.75) is 121 Å². The van der Waals surface area contributed by atoms with Crippen LogP contribution in [0.5, 0.6) is 0 Å². The van der Waals surface area contributed by atoms with Gasteiger partial charge in [0, 0.05) is 85.7 Å². The zero-order chi connectivity index (χ0) is 78.0. The number of likely N-dealkylation sites (tertiary alicyclic amines) is 3. The van der Waals surface area contributed by atoms with Crippen LogP contribution in [0.2, 0.25) is 0 Å². The molecule has 572 valence electrons. The Morgan fingerprint density at radius 2 is 0.748 bits per heavy atom. The number of H-pyrrole nitrogens is 4. The van der Waals surface area contributed by atoms with Gasteiger partial charge in [0.1, 0.15) is 0 Å². The van der Waals surface area contributed by atoms with Crippen LogP contribution in [0, 0.1) is 73.1 Å². The van der Waals surface area contributed by atoms with Crippen LogP contribution in [0.1, 0.15) is 103 Å². The Morgan fingerprint density at radius 3 is 1.11 bits per heavy atom. The lowest BCUT2D eigenvalue weighted by atomic mass is 9.92. The molecule has 3 aliphatic heterocycles. The highest BCUT2D eigenvalue weighted by molar-refractivity contribution is 6.03. The Labute approximate surface area is 648 Å². The number of pyridine rings is 1. The molecule has 0 bridgehead atoms. The first-order valence-electron chi connectivity index (χ1n) is 38.5. The van der Waals surface area contributed by atoms with Crippen molar-refractivity contribution in [3.63, 3.8) is 0 Å². The molecule has 22 heteroatoms. The minimum Gasteiger partial charge on any atom is -0.393 e. The van der Waals surface area contributed by atoms with Gasteiger partial charge in [0.15, 0.2) is 23.3 Å². The number of nitrogens with zero attached hydrogens (tertiary/aromatic N) is 8. The summed E-state index contributed by atoms with van der Waals surface area (Å²) in [6, 6.07) is 55.8. The van der Waals surface area contributed by atoms with Crippen molar-refractivity contribution in [3.05, 3.63) is 220 Å². The van der Waals surface area contributed by atoms with Crippen molar-refractivity contribution in [2.24, 2.45) is 17.8 Å². The summed E-state index contributed by atoms with van der Waals surface area (Å²) in [6.07, 6.45) is 6.79. The Morgan fingerprint density at radius 1 is 0.396 bits per heavy atom. The second-order valence-corrected chi connectivity index (χ2v) is 30.8. The second-order valence-electron chi connectivity index (χ2n) is 30.8. The summed E-state index contributed by atoms with van der Waals surface area (Å²) in [6.45, 7) is 28.3. The normalized spacial score (nSPS) is 15.7. The molecule has 10 N–H and O–H groups in total. The van der Waals surface area contributed by atoms with E-state index in [-0.39, 0.29) is 30.2 Å². The number of aliphatic hydroxyl groups excluding tert-OH is 1. The van der Waals surface area contributed by atoms with E-state index in [9.17, 15) is 24.3 Å². The number of carbonyl (C=O) groups excluding carboxylic acids is 4. The van der Waals surface area contributed by atoms with Gasteiger partial charge in [-0.3, -0.25) is 46.6 Å². The number of hydrogen-bond acceptors (Lipinski definition) is 10. The minimum absolute atomic E-state index is 0.0617. The number of fused-ring (bicyclic) bond motifs is 4. The molecule has 13 aromatic rings.